The van der Waals surface area contributed by atoms with Gasteiger partial charge in [0.2, 0.25) is 0 Å². The Kier molecular flexibility index (Phi) is 2.94. The molecule has 1 aliphatic rings. The van der Waals surface area contributed by atoms with E-state index >= 15 is 0 Å². The predicted octanol–water partition coefficient (Wildman–Crippen LogP) is 2.94. The Balaban J connectivity index is 1.95. The van der Waals surface area contributed by atoms with E-state index in [9.17, 15) is 0 Å². The Morgan fingerprint density at radius 1 is 1.32 bits per heavy atom. The normalized spacial score (nSPS) is 16.6. The highest BCUT2D eigenvalue weighted by Gasteiger charge is 2.46. The van der Waals surface area contributed by atoms with Gasteiger partial charge in [-0.25, -0.2) is 4.98 Å². The Morgan fingerprint density at radius 3 is 2.79 bits per heavy atom. The lowest BCUT2D eigenvalue weighted by Crippen LogP contribution is -2.24. The minimum atomic E-state index is 0.255. The van der Waals surface area contributed by atoms with Crippen molar-refractivity contribution in [1.29, 1.82) is 0 Å². The summed E-state index contributed by atoms with van der Waals surface area (Å²) in [7, 11) is 2.01. The van der Waals surface area contributed by atoms with Crippen molar-refractivity contribution in [2.75, 3.05) is 13.6 Å². The minimum Gasteiger partial charge on any atom is -0.341 e. The lowest BCUT2D eigenvalue weighted by atomic mass is 10.0. The maximum absolute atomic E-state index is 4.62. The van der Waals surface area contributed by atoms with Crippen LogP contribution in [-0.2, 0) is 5.41 Å². The summed E-state index contributed by atoms with van der Waals surface area (Å²) in [5, 5.41) is 3.28. The number of nitrogens with one attached hydrogen (secondary N) is 2. The van der Waals surface area contributed by atoms with Crippen LogP contribution in [0, 0.1) is 13.8 Å². The first-order chi connectivity index (χ1) is 9.14. The maximum atomic E-state index is 4.62. The van der Waals surface area contributed by atoms with Gasteiger partial charge in [0.15, 0.2) is 0 Å². The van der Waals surface area contributed by atoms with Crippen molar-refractivity contribution in [2.24, 2.45) is 0 Å². The molecule has 1 fully saturated rings. The lowest BCUT2D eigenvalue weighted by molar-refractivity contribution is 0.594. The van der Waals surface area contributed by atoms with Gasteiger partial charge in [-0.3, -0.25) is 0 Å². The van der Waals surface area contributed by atoms with E-state index in [1.807, 2.05) is 13.2 Å². The zero-order chi connectivity index (χ0) is 13.5. The van der Waals surface area contributed by atoms with Crippen LogP contribution in [0.3, 0.4) is 0 Å². The Bertz CT molecular complexity index is 594. The summed E-state index contributed by atoms with van der Waals surface area (Å²) in [6, 6.07) is 6.55. The third kappa shape index (κ3) is 2.19. The molecule has 100 valence electrons. The molecule has 0 amide bonds. The van der Waals surface area contributed by atoms with Crippen molar-refractivity contribution >= 4 is 0 Å². The largest absolute Gasteiger partial charge is 0.341 e. The zero-order valence-electron chi connectivity index (χ0n) is 11.9. The maximum Gasteiger partial charge on any atom is 0.114 e. The highest BCUT2D eigenvalue weighted by Crippen LogP contribution is 2.46. The third-order valence-electron chi connectivity index (χ3n) is 4.13. The molecule has 3 heteroatoms. The van der Waals surface area contributed by atoms with Crippen molar-refractivity contribution in [2.45, 2.75) is 32.1 Å². The summed E-state index contributed by atoms with van der Waals surface area (Å²) < 4.78 is 0. The molecule has 19 heavy (non-hydrogen) atoms. The van der Waals surface area contributed by atoms with Crippen LogP contribution < -0.4 is 5.32 Å². The molecule has 3 nitrogen and oxygen atoms in total. The van der Waals surface area contributed by atoms with Crippen molar-refractivity contribution in [1.82, 2.24) is 15.3 Å². The smallest absolute Gasteiger partial charge is 0.114 e. The van der Waals surface area contributed by atoms with Gasteiger partial charge in [0, 0.05) is 17.5 Å². The second kappa shape index (κ2) is 4.49. The minimum absolute atomic E-state index is 0.255. The highest BCUT2D eigenvalue weighted by molar-refractivity contribution is 5.64. The number of aryl methyl sites for hydroxylation is 2. The molecule has 0 saturated heterocycles. The number of hydrogen-bond donors (Lipinski definition) is 2. The Labute approximate surface area is 114 Å². The Hall–Kier alpha value is -1.61. The molecule has 0 atom stereocenters. The number of rotatable bonds is 4. The second-order valence-electron chi connectivity index (χ2n) is 5.77. The van der Waals surface area contributed by atoms with E-state index in [1.165, 1.54) is 29.5 Å². The van der Waals surface area contributed by atoms with Gasteiger partial charge in [-0.15, -0.1) is 0 Å². The number of likely N-dealkylation sites (N-methyl/N-ethyl adjacent to an activating group) is 1. The summed E-state index contributed by atoms with van der Waals surface area (Å²) in [6.45, 7) is 5.28. The fourth-order valence-electron chi connectivity index (χ4n) is 2.74. The summed E-state index contributed by atoms with van der Waals surface area (Å²) in [4.78, 5) is 8.15. The number of nitrogens with zero attached hydrogens (tertiary/aromatic N) is 1. The van der Waals surface area contributed by atoms with Gasteiger partial charge in [0.05, 0.1) is 11.9 Å². The predicted molar refractivity (Wildman–Crippen MR) is 78.3 cm³/mol. The van der Waals surface area contributed by atoms with Gasteiger partial charge in [-0.1, -0.05) is 17.7 Å². The van der Waals surface area contributed by atoms with Crippen LogP contribution in [0.25, 0.3) is 11.3 Å². The number of H-pyrrole nitrogens is 1. The topological polar surface area (TPSA) is 40.7 Å². The third-order valence-corrected chi connectivity index (χ3v) is 4.13. The van der Waals surface area contributed by atoms with Gasteiger partial charge in [0.25, 0.3) is 0 Å². The van der Waals surface area contributed by atoms with Crippen molar-refractivity contribution in [3.63, 3.8) is 0 Å². The fraction of sp³-hybridized carbons (Fsp3) is 0.438. The number of benzene rings is 1. The van der Waals surface area contributed by atoms with Crippen molar-refractivity contribution in [3.05, 3.63) is 41.3 Å². The molecule has 1 aliphatic carbocycles. The molecule has 1 heterocycles. The first-order valence-electron chi connectivity index (χ1n) is 6.92. The van der Waals surface area contributed by atoms with Crippen LogP contribution in [0.4, 0.5) is 0 Å². The molecular weight excluding hydrogens is 234 g/mol. The van der Waals surface area contributed by atoms with Crippen LogP contribution in [0.1, 0.15) is 29.8 Å². The van der Waals surface area contributed by atoms with Crippen LogP contribution in [0.2, 0.25) is 0 Å². The SMILES string of the molecule is CNCC1(c2ncc(-c3cc(C)ccc3C)[nH]2)CC1. The highest BCUT2D eigenvalue weighted by atomic mass is 15.0. The summed E-state index contributed by atoms with van der Waals surface area (Å²) in [5.41, 5.74) is 5.23. The average molecular weight is 255 g/mol. The van der Waals surface area contributed by atoms with E-state index in [1.54, 1.807) is 0 Å². The van der Waals surface area contributed by atoms with E-state index in [-0.39, 0.29) is 5.41 Å². The molecule has 0 radical (unpaired) electrons. The van der Waals surface area contributed by atoms with Crippen molar-refractivity contribution < 1.29 is 0 Å². The zero-order valence-corrected chi connectivity index (χ0v) is 11.9. The van der Waals surface area contributed by atoms with E-state index in [0.717, 1.165) is 18.1 Å². The molecule has 0 bridgehead atoms. The van der Waals surface area contributed by atoms with Gasteiger partial charge < -0.3 is 10.3 Å². The summed E-state index contributed by atoms with van der Waals surface area (Å²) in [6.07, 6.45) is 4.44. The number of imidazole rings is 1. The molecule has 0 aliphatic heterocycles. The molecule has 0 spiro atoms. The monoisotopic (exact) mass is 255 g/mol. The fourth-order valence-corrected chi connectivity index (χ4v) is 2.74. The lowest BCUT2D eigenvalue weighted by Gasteiger charge is -2.11. The number of aromatic nitrogens is 2. The molecular formula is C16H21N3. The van der Waals surface area contributed by atoms with Gasteiger partial charge in [0.1, 0.15) is 5.82 Å². The molecule has 1 saturated carbocycles. The van der Waals surface area contributed by atoms with Gasteiger partial charge >= 0.3 is 0 Å². The van der Waals surface area contributed by atoms with Gasteiger partial charge in [-0.05, 0) is 45.4 Å². The van der Waals surface area contributed by atoms with E-state index in [4.69, 9.17) is 0 Å². The Morgan fingerprint density at radius 2 is 2.11 bits per heavy atom. The van der Waals surface area contributed by atoms with Crippen LogP contribution in [0.15, 0.2) is 24.4 Å². The molecule has 1 aromatic carbocycles. The number of aromatic amines is 1. The first-order valence-corrected chi connectivity index (χ1v) is 6.92. The van der Waals surface area contributed by atoms with E-state index < -0.39 is 0 Å². The molecule has 2 aromatic rings. The molecule has 2 N–H and O–H groups in total. The van der Waals surface area contributed by atoms with Crippen LogP contribution in [-0.4, -0.2) is 23.6 Å². The standard InChI is InChI=1S/C16H21N3/c1-11-4-5-12(2)13(8-11)14-9-18-15(19-14)16(6-7-16)10-17-3/h4-5,8-9,17H,6-7,10H2,1-3H3,(H,18,19). The van der Waals surface area contributed by atoms with E-state index in [2.05, 4.69) is 47.3 Å². The van der Waals surface area contributed by atoms with Crippen molar-refractivity contribution in [3.8, 4) is 11.3 Å². The first kappa shape index (κ1) is 12.4. The van der Waals surface area contributed by atoms with E-state index in [0.29, 0.717) is 0 Å². The van der Waals surface area contributed by atoms with Crippen LogP contribution >= 0.6 is 0 Å². The number of hydrogen-bond acceptors (Lipinski definition) is 2. The van der Waals surface area contributed by atoms with Crippen LogP contribution in [0.5, 0.6) is 0 Å². The summed E-state index contributed by atoms with van der Waals surface area (Å²) >= 11 is 0. The molecule has 1 aromatic heterocycles. The average Bonchev–Trinajstić information content (AvgIpc) is 3.01. The van der Waals surface area contributed by atoms with Gasteiger partial charge in [-0.2, -0.15) is 0 Å². The second-order valence-corrected chi connectivity index (χ2v) is 5.77. The molecule has 0 unspecified atom stereocenters. The quantitative estimate of drug-likeness (QED) is 0.882. The summed E-state index contributed by atoms with van der Waals surface area (Å²) in [5.74, 6) is 1.14. The molecule has 3 rings (SSSR count).